The molecule has 0 spiro atoms. The zero-order valence-corrected chi connectivity index (χ0v) is 9.28. The predicted molar refractivity (Wildman–Crippen MR) is 63.1 cm³/mol. The van der Waals surface area contributed by atoms with Gasteiger partial charge in [-0.15, -0.1) is 0 Å². The second kappa shape index (κ2) is 4.55. The Hall–Kier alpha value is -1.52. The molecule has 1 aromatic carbocycles. The van der Waals surface area contributed by atoms with E-state index in [1.807, 2.05) is 18.2 Å². The average Bonchev–Trinajstić information content (AvgIpc) is 2.64. The van der Waals surface area contributed by atoms with Crippen molar-refractivity contribution in [3.8, 4) is 0 Å². The first kappa shape index (κ1) is 11.0. The van der Waals surface area contributed by atoms with Crippen LogP contribution in [0.15, 0.2) is 30.5 Å². The van der Waals surface area contributed by atoms with Crippen molar-refractivity contribution in [1.29, 1.82) is 0 Å². The van der Waals surface area contributed by atoms with Gasteiger partial charge in [0.2, 0.25) is 0 Å². The minimum absolute atomic E-state index is 0.398. The molecule has 1 aromatic heterocycles. The smallest absolute Gasteiger partial charge is 0.124 e. The van der Waals surface area contributed by atoms with E-state index in [1.165, 1.54) is 6.20 Å². The number of H-pyrrole nitrogens is 1. The molecule has 4 nitrogen and oxygen atoms in total. The first-order valence-electron chi connectivity index (χ1n) is 4.88. The summed E-state index contributed by atoms with van der Waals surface area (Å²) in [6, 6.07) is 7.37. The van der Waals surface area contributed by atoms with Crippen LogP contribution in [0.1, 0.15) is 17.2 Å². The number of aliphatic hydroxyl groups is 1. The highest BCUT2D eigenvalue weighted by atomic mass is 35.5. The first-order chi connectivity index (χ1) is 7.66. The molecule has 0 bridgehead atoms. The van der Waals surface area contributed by atoms with Crippen molar-refractivity contribution in [2.75, 3.05) is 5.73 Å². The number of nitrogens with two attached hydrogens (primary N) is 1. The molecule has 0 aliphatic carbocycles. The minimum atomic E-state index is -0.669. The Bertz CT molecular complexity index is 484. The fraction of sp³-hybridized carbons (Fsp3) is 0.182. The number of hydrogen-bond acceptors (Lipinski definition) is 3. The number of nitrogens with one attached hydrogen (secondary N) is 1. The molecule has 0 saturated heterocycles. The number of aliphatic hydroxyl groups excluding tert-OH is 1. The lowest BCUT2D eigenvalue weighted by atomic mass is 10.0. The lowest BCUT2D eigenvalue weighted by Crippen LogP contribution is -2.03. The molecule has 16 heavy (non-hydrogen) atoms. The Balaban J connectivity index is 2.14. The molecule has 0 amide bonds. The maximum absolute atomic E-state index is 9.95. The van der Waals surface area contributed by atoms with E-state index in [1.54, 1.807) is 6.07 Å². The second-order valence-electron chi connectivity index (χ2n) is 3.59. The van der Waals surface area contributed by atoms with E-state index in [4.69, 9.17) is 17.3 Å². The highest BCUT2D eigenvalue weighted by Crippen LogP contribution is 2.22. The molecule has 2 aromatic rings. The summed E-state index contributed by atoms with van der Waals surface area (Å²) in [5.74, 6) is 0.398. The van der Waals surface area contributed by atoms with Crippen molar-refractivity contribution in [3.63, 3.8) is 0 Å². The van der Waals surface area contributed by atoms with Gasteiger partial charge in [0, 0.05) is 17.0 Å². The van der Waals surface area contributed by atoms with Gasteiger partial charge in [0.05, 0.1) is 12.3 Å². The lowest BCUT2D eigenvalue weighted by molar-refractivity contribution is 0.179. The third-order valence-electron chi connectivity index (χ3n) is 2.38. The highest BCUT2D eigenvalue weighted by molar-refractivity contribution is 6.30. The van der Waals surface area contributed by atoms with Crippen LogP contribution in [0, 0.1) is 0 Å². The van der Waals surface area contributed by atoms with Gasteiger partial charge < -0.3 is 10.8 Å². The number of rotatable bonds is 3. The van der Waals surface area contributed by atoms with Gasteiger partial charge in [0.1, 0.15) is 5.82 Å². The van der Waals surface area contributed by atoms with Gasteiger partial charge in [-0.1, -0.05) is 23.7 Å². The van der Waals surface area contributed by atoms with E-state index in [9.17, 15) is 5.11 Å². The largest absolute Gasteiger partial charge is 0.388 e. The molecule has 0 saturated carbocycles. The summed E-state index contributed by atoms with van der Waals surface area (Å²) in [5, 5.41) is 17.0. The van der Waals surface area contributed by atoms with Crippen molar-refractivity contribution in [1.82, 2.24) is 10.2 Å². The summed E-state index contributed by atoms with van der Waals surface area (Å²) in [4.78, 5) is 0. The number of hydrogen-bond donors (Lipinski definition) is 3. The van der Waals surface area contributed by atoms with E-state index < -0.39 is 6.10 Å². The number of halogens is 1. The molecule has 5 heteroatoms. The van der Waals surface area contributed by atoms with Crippen molar-refractivity contribution < 1.29 is 5.11 Å². The number of nitrogen functional groups attached to an aromatic ring is 1. The van der Waals surface area contributed by atoms with Crippen LogP contribution in [-0.2, 0) is 6.42 Å². The molecule has 0 aliphatic rings. The Morgan fingerprint density at radius 3 is 2.94 bits per heavy atom. The van der Waals surface area contributed by atoms with E-state index in [2.05, 4.69) is 10.2 Å². The van der Waals surface area contributed by atoms with Crippen LogP contribution < -0.4 is 5.73 Å². The topological polar surface area (TPSA) is 74.9 Å². The quantitative estimate of drug-likeness (QED) is 0.764. The summed E-state index contributed by atoms with van der Waals surface area (Å²) in [5.41, 5.74) is 7.19. The van der Waals surface area contributed by atoms with Gasteiger partial charge in [-0.2, -0.15) is 5.10 Å². The van der Waals surface area contributed by atoms with E-state index in [0.29, 0.717) is 22.8 Å². The summed E-state index contributed by atoms with van der Waals surface area (Å²) >= 11 is 5.86. The zero-order chi connectivity index (χ0) is 11.5. The molecule has 84 valence electrons. The van der Waals surface area contributed by atoms with E-state index in [0.717, 1.165) is 5.56 Å². The average molecular weight is 238 g/mol. The molecule has 0 radical (unpaired) electrons. The molecule has 0 fully saturated rings. The standard InChI is InChI=1S/C11H12ClN3O/c12-8-3-1-2-7(4-8)5-10(16)9-6-14-15-11(9)13/h1-4,6,10,16H,5H2,(H3,13,14,15). The van der Waals surface area contributed by atoms with Crippen molar-refractivity contribution in [2.45, 2.75) is 12.5 Å². The van der Waals surface area contributed by atoms with Crippen molar-refractivity contribution in [3.05, 3.63) is 46.6 Å². The van der Waals surface area contributed by atoms with Gasteiger partial charge in [-0.3, -0.25) is 5.10 Å². The summed E-state index contributed by atoms with van der Waals surface area (Å²) < 4.78 is 0. The molecule has 1 atom stereocenters. The van der Waals surface area contributed by atoms with Gasteiger partial charge in [0.25, 0.3) is 0 Å². The van der Waals surface area contributed by atoms with Gasteiger partial charge in [0.15, 0.2) is 0 Å². The number of aromatic amines is 1. The Labute approximate surface area is 98.1 Å². The summed E-state index contributed by atoms with van der Waals surface area (Å²) in [7, 11) is 0. The van der Waals surface area contributed by atoms with Crippen LogP contribution >= 0.6 is 11.6 Å². The molecule has 2 rings (SSSR count). The lowest BCUT2D eigenvalue weighted by Gasteiger charge is -2.09. The third-order valence-corrected chi connectivity index (χ3v) is 2.61. The molecule has 1 unspecified atom stereocenters. The Morgan fingerprint density at radius 2 is 2.31 bits per heavy atom. The van der Waals surface area contributed by atoms with Crippen LogP contribution in [0.5, 0.6) is 0 Å². The number of nitrogens with zero attached hydrogens (tertiary/aromatic N) is 1. The zero-order valence-electron chi connectivity index (χ0n) is 8.52. The highest BCUT2D eigenvalue weighted by Gasteiger charge is 2.13. The molecular weight excluding hydrogens is 226 g/mol. The van der Waals surface area contributed by atoms with Gasteiger partial charge in [-0.05, 0) is 17.7 Å². The summed E-state index contributed by atoms with van der Waals surface area (Å²) in [6.45, 7) is 0. The van der Waals surface area contributed by atoms with Crippen LogP contribution in [-0.4, -0.2) is 15.3 Å². The second-order valence-corrected chi connectivity index (χ2v) is 4.03. The molecule has 1 heterocycles. The Morgan fingerprint density at radius 1 is 1.50 bits per heavy atom. The van der Waals surface area contributed by atoms with Crippen molar-refractivity contribution >= 4 is 17.4 Å². The number of aromatic nitrogens is 2. The first-order valence-corrected chi connectivity index (χ1v) is 5.26. The van der Waals surface area contributed by atoms with Crippen LogP contribution in [0.4, 0.5) is 5.82 Å². The fourth-order valence-corrected chi connectivity index (χ4v) is 1.78. The monoisotopic (exact) mass is 237 g/mol. The maximum atomic E-state index is 9.95. The van der Waals surface area contributed by atoms with Crippen LogP contribution in [0.25, 0.3) is 0 Å². The van der Waals surface area contributed by atoms with Crippen LogP contribution in [0.2, 0.25) is 5.02 Å². The normalized spacial score (nSPS) is 12.6. The van der Waals surface area contributed by atoms with Crippen LogP contribution in [0.3, 0.4) is 0 Å². The number of benzene rings is 1. The van der Waals surface area contributed by atoms with Gasteiger partial charge in [-0.25, -0.2) is 0 Å². The minimum Gasteiger partial charge on any atom is -0.388 e. The summed E-state index contributed by atoms with van der Waals surface area (Å²) in [6.07, 6.45) is 1.33. The molecular formula is C11H12ClN3O. The van der Waals surface area contributed by atoms with E-state index >= 15 is 0 Å². The number of anilines is 1. The molecule has 0 aliphatic heterocycles. The van der Waals surface area contributed by atoms with Crippen molar-refractivity contribution in [2.24, 2.45) is 0 Å². The molecule has 4 N–H and O–H groups in total. The fourth-order valence-electron chi connectivity index (χ4n) is 1.57. The van der Waals surface area contributed by atoms with E-state index in [-0.39, 0.29) is 0 Å². The maximum Gasteiger partial charge on any atom is 0.124 e. The SMILES string of the molecule is Nc1[nH]ncc1C(O)Cc1cccc(Cl)c1. The predicted octanol–water partition coefficient (Wildman–Crippen LogP) is 1.92. The third kappa shape index (κ3) is 2.35. The van der Waals surface area contributed by atoms with Gasteiger partial charge >= 0.3 is 0 Å². The Kier molecular flexibility index (Phi) is 3.12.